The number of nitrogens with zero attached hydrogens (tertiary/aromatic N) is 4. The summed E-state index contributed by atoms with van der Waals surface area (Å²) < 4.78 is 0. The first-order valence-corrected chi connectivity index (χ1v) is 11.3. The summed E-state index contributed by atoms with van der Waals surface area (Å²) in [5, 5.41) is 9.20. The first-order valence-electron chi connectivity index (χ1n) is 11.3. The summed E-state index contributed by atoms with van der Waals surface area (Å²) in [6.45, 7) is 4.36. The van der Waals surface area contributed by atoms with Gasteiger partial charge in [-0.3, -0.25) is 4.90 Å². The van der Waals surface area contributed by atoms with Crippen molar-refractivity contribution in [3.8, 4) is 0 Å². The number of urea groups is 1. The number of rotatable bonds is 7. The third kappa shape index (κ3) is 6.39. The molecule has 1 fully saturated rings. The van der Waals surface area contributed by atoms with Crippen LogP contribution in [0.2, 0.25) is 0 Å². The lowest BCUT2D eigenvalue weighted by molar-refractivity contribution is 0.186. The highest BCUT2D eigenvalue weighted by Gasteiger charge is 2.22. The van der Waals surface area contributed by atoms with Crippen LogP contribution in [-0.2, 0) is 13.0 Å². The van der Waals surface area contributed by atoms with E-state index in [9.17, 15) is 4.79 Å². The molecule has 1 aliphatic heterocycles. The highest BCUT2D eigenvalue weighted by Crippen LogP contribution is 2.20. The maximum Gasteiger partial charge on any atom is 0.319 e. The van der Waals surface area contributed by atoms with Crippen molar-refractivity contribution >= 4 is 29.3 Å². The van der Waals surface area contributed by atoms with Gasteiger partial charge in [-0.25, -0.2) is 4.79 Å². The first-order chi connectivity index (χ1) is 16.1. The summed E-state index contributed by atoms with van der Waals surface area (Å²) in [6, 6.07) is 17.5. The molecular weight excluding hydrogens is 416 g/mol. The highest BCUT2D eigenvalue weighted by atomic mass is 16.2. The third-order valence-corrected chi connectivity index (χ3v) is 5.66. The Bertz CT molecular complexity index is 1070. The number of aryl methyl sites for hydroxylation is 1. The molecule has 2 heterocycles. The Hall–Kier alpha value is -3.72. The zero-order valence-electron chi connectivity index (χ0n) is 18.8. The molecule has 9 heteroatoms. The quantitative estimate of drug-likeness (QED) is 0.438. The van der Waals surface area contributed by atoms with Crippen molar-refractivity contribution in [3.63, 3.8) is 0 Å². The number of para-hydroxylation sites is 2. The molecular formula is C24H30N8O. The van der Waals surface area contributed by atoms with E-state index in [1.807, 2.05) is 48.5 Å². The Morgan fingerprint density at radius 2 is 1.76 bits per heavy atom. The van der Waals surface area contributed by atoms with Gasteiger partial charge in [0.1, 0.15) is 5.82 Å². The molecule has 2 aromatic carbocycles. The third-order valence-electron chi connectivity index (χ3n) is 5.66. The lowest BCUT2D eigenvalue weighted by Crippen LogP contribution is -2.45. The van der Waals surface area contributed by atoms with E-state index >= 15 is 0 Å². The molecule has 0 atom stereocenters. The van der Waals surface area contributed by atoms with Gasteiger partial charge in [-0.15, -0.1) is 0 Å². The number of anilines is 4. The van der Waals surface area contributed by atoms with E-state index in [-0.39, 0.29) is 18.0 Å². The number of nitrogens with two attached hydrogens (primary N) is 1. The van der Waals surface area contributed by atoms with Crippen molar-refractivity contribution in [2.45, 2.75) is 38.8 Å². The number of nitrogens with one attached hydrogen (secondary N) is 3. The number of carbonyl (C=O) groups excluding carboxylic acids is 1. The first kappa shape index (κ1) is 22.5. The van der Waals surface area contributed by atoms with Crippen molar-refractivity contribution in [3.05, 3.63) is 66.0 Å². The van der Waals surface area contributed by atoms with E-state index < -0.39 is 0 Å². The largest absolute Gasteiger partial charge is 0.368 e. The number of piperidine rings is 1. The summed E-state index contributed by atoms with van der Waals surface area (Å²) in [4.78, 5) is 27.7. The SMILES string of the molecule is CCc1ccccc1Nc1nc(N)nc(CN2CCC(NC(=O)Nc3ccccc3)CC2)n1. The monoisotopic (exact) mass is 446 g/mol. The molecule has 1 saturated heterocycles. The minimum absolute atomic E-state index is 0.135. The summed E-state index contributed by atoms with van der Waals surface area (Å²) >= 11 is 0. The minimum Gasteiger partial charge on any atom is -0.368 e. The van der Waals surface area contributed by atoms with E-state index in [0.717, 1.165) is 43.7 Å². The van der Waals surface area contributed by atoms with Crippen LogP contribution < -0.4 is 21.7 Å². The Kier molecular flexibility index (Phi) is 7.31. The van der Waals surface area contributed by atoms with Crippen molar-refractivity contribution in [1.29, 1.82) is 0 Å². The van der Waals surface area contributed by atoms with Crippen LogP contribution >= 0.6 is 0 Å². The molecule has 0 spiro atoms. The number of carbonyl (C=O) groups is 1. The van der Waals surface area contributed by atoms with Crippen LogP contribution in [0.5, 0.6) is 0 Å². The fraction of sp³-hybridized carbons (Fsp3) is 0.333. The predicted octanol–water partition coefficient (Wildman–Crippen LogP) is 3.55. The molecule has 0 radical (unpaired) electrons. The van der Waals surface area contributed by atoms with Gasteiger partial charge in [0, 0.05) is 30.5 Å². The minimum atomic E-state index is -0.173. The molecule has 1 aliphatic rings. The summed E-state index contributed by atoms with van der Waals surface area (Å²) in [6.07, 6.45) is 2.62. The van der Waals surface area contributed by atoms with Crippen LogP contribution in [0.4, 0.5) is 28.1 Å². The highest BCUT2D eigenvalue weighted by molar-refractivity contribution is 5.89. The number of aromatic nitrogens is 3. The maximum absolute atomic E-state index is 12.2. The molecule has 3 aromatic rings. The van der Waals surface area contributed by atoms with E-state index in [1.54, 1.807) is 0 Å². The van der Waals surface area contributed by atoms with Crippen molar-refractivity contribution in [1.82, 2.24) is 25.2 Å². The van der Waals surface area contributed by atoms with E-state index in [1.165, 1.54) is 5.56 Å². The number of hydrogen-bond acceptors (Lipinski definition) is 7. The van der Waals surface area contributed by atoms with Crippen molar-refractivity contribution in [2.24, 2.45) is 0 Å². The fourth-order valence-corrected chi connectivity index (χ4v) is 3.95. The van der Waals surface area contributed by atoms with E-state index in [2.05, 4.69) is 48.8 Å². The summed E-state index contributed by atoms with van der Waals surface area (Å²) in [7, 11) is 0. The second-order valence-corrected chi connectivity index (χ2v) is 8.08. The average Bonchev–Trinajstić information content (AvgIpc) is 2.81. The van der Waals surface area contributed by atoms with Gasteiger partial charge in [-0.05, 0) is 43.0 Å². The molecule has 4 rings (SSSR count). The number of nitrogen functional groups attached to an aromatic ring is 1. The van der Waals surface area contributed by atoms with E-state index in [4.69, 9.17) is 5.73 Å². The lowest BCUT2D eigenvalue weighted by atomic mass is 10.1. The Morgan fingerprint density at radius 1 is 1.03 bits per heavy atom. The van der Waals surface area contributed by atoms with E-state index in [0.29, 0.717) is 18.3 Å². The molecule has 0 aliphatic carbocycles. The van der Waals surface area contributed by atoms with Gasteiger partial charge >= 0.3 is 6.03 Å². The van der Waals surface area contributed by atoms with Gasteiger partial charge in [-0.2, -0.15) is 15.0 Å². The topological polar surface area (TPSA) is 121 Å². The van der Waals surface area contributed by atoms with Crippen LogP contribution in [0, 0.1) is 0 Å². The van der Waals surface area contributed by atoms with Gasteiger partial charge in [0.2, 0.25) is 11.9 Å². The molecule has 172 valence electrons. The van der Waals surface area contributed by atoms with Crippen molar-refractivity contribution < 1.29 is 4.79 Å². The van der Waals surface area contributed by atoms with Crippen LogP contribution in [0.3, 0.4) is 0 Å². The number of benzene rings is 2. The van der Waals surface area contributed by atoms with Gasteiger partial charge in [-0.1, -0.05) is 43.3 Å². The maximum atomic E-state index is 12.2. The molecule has 0 unspecified atom stereocenters. The standard InChI is InChI=1S/C24H30N8O/c1-2-17-8-6-7-11-20(17)28-23-30-21(29-22(25)31-23)16-32-14-12-19(13-15-32)27-24(33)26-18-9-4-3-5-10-18/h3-11,19H,2,12-16H2,1H3,(H2,26,27,33)(H3,25,28,29,30,31). The van der Waals surface area contributed by atoms with Gasteiger partial charge in [0.05, 0.1) is 6.54 Å². The van der Waals surface area contributed by atoms with Crippen LogP contribution in [0.1, 0.15) is 31.2 Å². The zero-order chi connectivity index (χ0) is 23.0. The second kappa shape index (κ2) is 10.7. The Balaban J connectivity index is 1.30. The predicted molar refractivity (Wildman–Crippen MR) is 130 cm³/mol. The molecule has 2 amide bonds. The van der Waals surface area contributed by atoms with Crippen molar-refractivity contribution in [2.75, 3.05) is 29.5 Å². The second-order valence-electron chi connectivity index (χ2n) is 8.08. The molecule has 0 bridgehead atoms. The normalized spacial score (nSPS) is 14.6. The number of hydrogen-bond donors (Lipinski definition) is 4. The number of amides is 2. The average molecular weight is 447 g/mol. The Morgan fingerprint density at radius 3 is 2.52 bits per heavy atom. The van der Waals surface area contributed by atoms with Crippen LogP contribution in [-0.4, -0.2) is 45.0 Å². The fourth-order valence-electron chi connectivity index (χ4n) is 3.95. The molecule has 0 saturated carbocycles. The Labute approximate surface area is 193 Å². The van der Waals surface area contributed by atoms with Gasteiger partial charge < -0.3 is 21.7 Å². The molecule has 33 heavy (non-hydrogen) atoms. The summed E-state index contributed by atoms with van der Waals surface area (Å²) in [5.74, 6) is 1.28. The summed E-state index contributed by atoms with van der Waals surface area (Å²) in [5.41, 5.74) is 8.89. The smallest absolute Gasteiger partial charge is 0.319 e. The van der Waals surface area contributed by atoms with Gasteiger partial charge in [0.15, 0.2) is 0 Å². The molecule has 5 N–H and O–H groups in total. The lowest BCUT2D eigenvalue weighted by Gasteiger charge is -2.31. The van der Waals surface area contributed by atoms with Gasteiger partial charge in [0.25, 0.3) is 0 Å². The van der Waals surface area contributed by atoms with Crippen LogP contribution in [0.15, 0.2) is 54.6 Å². The molecule has 1 aromatic heterocycles. The number of likely N-dealkylation sites (tertiary alicyclic amines) is 1. The molecule has 9 nitrogen and oxygen atoms in total. The zero-order valence-corrected chi connectivity index (χ0v) is 18.8. The van der Waals surface area contributed by atoms with Crippen LogP contribution in [0.25, 0.3) is 0 Å².